The average Bonchev–Trinajstić information content (AvgIpc) is 3.09. The van der Waals surface area contributed by atoms with Crippen LogP contribution in [0.15, 0.2) is 36.7 Å². The number of aromatic nitrogens is 3. The molecule has 2 heterocycles. The van der Waals surface area contributed by atoms with Crippen molar-refractivity contribution in [1.29, 1.82) is 0 Å². The number of hydrogen-bond donors (Lipinski definition) is 3. The van der Waals surface area contributed by atoms with E-state index in [1.807, 2.05) is 24.3 Å². The summed E-state index contributed by atoms with van der Waals surface area (Å²) in [6, 6.07) is 6.28. The van der Waals surface area contributed by atoms with Crippen molar-refractivity contribution in [3.05, 3.63) is 53.5 Å². The Bertz CT molecular complexity index is 1010. The molecule has 8 heteroatoms. The van der Waals surface area contributed by atoms with Crippen LogP contribution < -0.4 is 15.8 Å². The molecule has 0 bridgehead atoms. The Morgan fingerprint density at radius 1 is 1.22 bits per heavy atom. The van der Waals surface area contributed by atoms with Gasteiger partial charge in [0.25, 0.3) is 5.91 Å². The smallest absolute Gasteiger partial charge is 0.255 e. The fourth-order valence-corrected chi connectivity index (χ4v) is 2.61. The van der Waals surface area contributed by atoms with Crippen molar-refractivity contribution in [3.63, 3.8) is 0 Å². The molecule has 0 saturated heterocycles. The molecule has 3 rings (SSSR count). The van der Waals surface area contributed by atoms with Crippen LogP contribution in [0.1, 0.15) is 28.5 Å². The summed E-state index contributed by atoms with van der Waals surface area (Å²) in [6.45, 7) is 1.52. The maximum absolute atomic E-state index is 12.5. The van der Waals surface area contributed by atoms with Gasteiger partial charge in [-0.2, -0.15) is 5.10 Å². The first-order chi connectivity index (χ1) is 13.0. The minimum absolute atomic E-state index is 0.290. The second kappa shape index (κ2) is 7.69. The number of carbonyl (C=O) groups excluding carboxylic acids is 2. The zero-order valence-corrected chi connectivity index (χ0v) is 14.9. The molecule has 0 aliphatic heterocycles. The molecule has 1 atom stereocenters. The van der Waals surface area contributed by atoms with Crippen LogP contribution in [0.4, 0.5) is 0 Å². The molecule has 0 saturated carbocycles. The van der Waals surface area contributed by atoms with Crippen molar-refractivity contribution in [2.75, 3.05) is 7.11 Å². The molecule has 0 aliphatic rings. The van der Waals surface area contributed by atoms with Crippen molar-refractivity contribution in [2.24, 2.45) is 5.73 Å². The zero-order valence-electron chi connectivity index (χ0n) is 14.9. The summed E-state index contributed by atoms with van der Waals surface area (Å²) in [4.78, 5) is 27.7. The van der Waals surface area contributed by atoms with E-state index in [1.54, 1.807) is 24.5 Å². The van der Waals surface area contributed by atoms with Crippen molar-refractivity contribution in [2.45, 2.75) is 13.0 Å². The van der Waals surface area contributed by atoms with Crippen LogP contribution in [0.5, 0.6) is 5.75 Å². The molecule has 27 heavy (non-hydrogen) atoms. The Morgan fingerprint density at radius 2 is 1.96 bits per heavy atom. The fraction of sp³-hybridized carbons (Fsp3) is 0.158. The van der Waals surface area contributed by atoms with Crippen LogP contribution in [0.25, 0.3) is 23.1 Å². The lowest BCUT2D eigenvalue weighted by molar-refractivity contribution is -0.119. The number of ether oxygens (including phenoxy) is 1. The molecule has 2 amide bonds. The predicted molar refractivity (Wildman–Crippen MR) is 102 cm³/mol. The number of fused-ring (bicyclic) bond motifs is 1. The van der Waals surface area contributed by atoms with E-state index >= 15 is 0 Å². The number of H-pyrrole nitrogens is 1. The molecule has 0 aliphatic carbocycles. The SMILES string of the molecule is COc1c(C(=O)N[C@@H](C)C(N)=O)ccc2[nH]nc(C=Cc3ccncc3)c12. The maximum Gasteiger partial charge on any atom is 0.255 e. The molecular formula is C19H19N5O3. The van der Waals surface area contributed by atoms with Crippen LogP contribution in [0, 0.1) is 0 Å². The quantitative estimate of drug-likeness (QED) is 0.614. The summed E-state index contributed by atoms with van der Waals surface area (Å²) in [5, 5.41) is 10.4. The highest BCUT2D eigenvalue weighted by Crippen LogP contribution is 2.32. The third kappa shape index (κ3) is 3.79. The number of nitrogens with one attached hydrogen (secondary N) is 2. The molecule has 1 aromatic carbocycles. The second-order valence-electron chi connectivity index (χ2n) is 5.89. The lowest BCUT2D eigenvalue weighted by atomic mass is 10.1. The van der Waals surface area contributed by atoms with Gasteiger partial charge >= 0.3 is 0 Å². The molecule has 0 fully saturated rings. The van der Waals surface area contributed by atoms with E-state index in [2.05, 4.69) is 20.5 Å². The van der Waals surface area contributed by atoms with Gasteiger partial charge in [-0.15, -0.1) is 0 Å². The summed E-state index contributed by atoms with van der Waals surface area (Å²) in [5.74, 6) is -0.706. The third-order valence-electron chi connectivity index (χ3n) is 4.07. The van der Waals surface area contributed by atoms with Crippen LogP contribution in [0.2, 0.25) is 0 Å². The van der Waals surface area contributed by atoms with Gasteiger partial charge in [0.05, 0.1) is 29.3 Å². The molecule has 4 N–H and O–H groups in total. The maximum atomic E-state index is 12.5. The van der Waals surface area contributed by atoms with Crippen molar-refractivity contribution in [3.8, 4) is 5.75 Å². The van der Waals surface area contributed by atoms with E-state index < -0.39 is 17.9 Å². The largest absolute Gasteiger partial charge is 0.495 e. The number of nitrogens with two attached hydrogens (primary N) is 1. The van der Waals surface area contributed by atoms with E-state index in [4.69, 9.17) is 10.5 Å². The van der Waals surface area contributed by atoms with E-state index in [9.17, 15) is 9.59 Å². The second-order valence-corrected chi connectivity index (χ2v) is 5.89. The summed E-state index contributed by atoms with van der Waals surface area (Å²) < 4.78 is 5.49. The minimum Gasteiger partial charge on any atom is -0.495 e. The van der Waals surface area contributed by atoms with Gasteiger partial charge in [0.2, 0.25) is 5.91 Å². The van der Waals surface area contributed by atoms with E-state index in [1.165, 1.54) is 14.0 Å². The predicted octanol–water partition coefficient (Wildman–Crippen LogP) is 1.74. The van der Waals surface area contributed by atoms with E-state index in [0.29, 0.717) is 16.8 Å². The molecule has 3 aromatic rings. The summed E-state index contributed by atoms with van der Waals surface area (Å²) >= 11 is 0. The Morgan fingerprint density at radius 3 is 2.63 bits per heavy atom. The first-order valence-electron chi connectivity index (χ1n) is 8.24. The van der Waals surface area contributed by atoms with Gasteiger partial charge in [-0.05, 0) is 42.8 Å². The number of rotatable bonds is 6. The molecule has 2 aromatic heterocycles. The first kappa shape index (κ1) is 18.1. The monoisotopic (exact) mass is 365 g/mol. The molecule has 8 nitrogen and oxygen atoms in total. The van der Waals surface area contributed by atoms with Gasteiger partial charge < -0.3 is 15.8 Å². The highest BCUT2D eigenvalue weighted by molar-refractivity contribution is 6.06. The lowest BCUT2D eigenvalue weighted by Crippen LogP contribution is -2.42. The Hall–Kier alpha value is -3.68. The number of benzene rings is 1. The molecule has 0 radical (unpaired) electrons. The van der Waals surface area contributed by atoms with Crippen LogP contribution in [-0.4, -0.2) is 40.1 Å². The normalized spacial score (nSPS) is 12.2. The average molecular weight is 365 g/mol. The standard InChI is InChI=1S/C19H19N5O3/c1-11(18(20)25)22-19(26)13-4-6-15-16(17(13)27-2)14(23-24-15)5-3-12-7-9-21-10-8-12/h3-11H,1-2H3,(H2,20,25)(H,22,26)(H,23,24)/t11-/m0/s1. The molecule has 0 spiro atoms. The van der Waals surface area contributed by atoms with Crippen molar-refractivity contribution < 1.29 is 14.3 Å². The number of pyridine rings is 1. The molecular weight excluding hydrogens is 346 g/mol. The lowest BCUT2D eigenvalue weighted by Gasteiger charge is -2.13. The van der Waals surface area contributed by atoms with Gasteiger partial charge in [0.15, 0.2) is 0 Å². The van der Waals surface area contributed by atoms with Crippen LogP contribution >= 0.6 is 0 Å². The Balaban J connectivity index is 2.02. The summed E-state index contributed by atoms with van der Waals surface area (Å²) in [7, 11) is 1.48. The number of hydrogen-bond acceptors (Lipinski definition) is 5. The number of amides is 2. The van der Waals surface area contributed by atoms with Gasteiger partial charge in [0.1, 0.15) is 11.8 Å². The Kier molecular flexibility index (Phi) is 5.16. The highest BCUT2D eigenvalue weighted by atomic mass is 16.5. The number of aromatic amines is 1. The van der Waals surface area contributed by atoms with Crippen LogP contribution in [-0.2, 0) is 4.79 Å². The van der Waals surface area contributed by atoms with Gasteiger partial charge in [-0.25, -0.2) is 0 Å². The highest BCUT2D eigenvalue weighted by Gasteiger charge is 2.21. The number of carbonyl (C=O) groups is 2. The summed E-state index contributed by atoms with van der Waals surface area (Å²) in [6.07, 6.45) is 7.11. The van der Waals surface area contributed by atoms with Gasteiger partial charge in [-0.1, -0.05) is 6.08 Å². The van der Waals surface area contributed by atoms with Crippen LogP contribution in [0.3, 0.4) is 0 Å². The zero-order chi connectivity index (χ0) is 19.4. The topological polar surface area (TPSA) is 123 Å². The number of methoxy groups -OCH3 is 1. The van der Waals surface area contributed by atoms with Crippen molar-refractivity contribution in [1.82, 2.24) is 20.5 Å². The fourth-order valence-electron chi connectivity index (χ4n) is 2.61. The van der Waals surface area contributed by atoms with Crippen molar-refractivity contribution >= 4 is 34.9 Å². The van der Waals surface area contributed by atoms with Gasteiger partial charge in [0, 0.05) is 12.4 Å². The minimum atomic E-state index is -0.798. The Labute approximate surface area is 155 Å². The van der Waals surface area contributed by atoms with E-state index in [-0.39, 0.29) is 5.56 Å². The number of primary amides is 1. The molecule has 0 unspecified atom stereocenters. The summed E-state index contributed by atoms with van der Waals surface area (Å²) in [5.41, 5.74) is 7.81. The van der Waals surface area contributed by atoms with Gasteiger partial charge in [-0.3, -0.25) is 19.7 Å². The first-order valence-corrected chi connectivity index (χ1v) is 8.24. The third-order valence-corrected chi connectivity index (χ3v) is 4.07. The molecule has 138 valence electrons. The number of nitrogens with zero attached hydrogens (tertiary/aromatic N) is 2. The van der Waals surface area contributed by atoms with E-state index in [0.717, 1.165) is 11.1 Å².